The Morgan fingerprint density at radius 2 is 2.00 bits per heavy atom. The molecular weight excluding hydrogens is 256 g/mol. The molecule has 0 amide bonds. The van der Waals surface area contributed by atoms with E-state index in [2.05, 4.69) is 9.40 Å². The molecule has 2 rings (SSSR count). The number of nitrogens with one attached hydrogen (secondary N) is 1. The van der Waals surface area contributed by atoms with Crippen molar-refractivity contribution in [2.45, 2.75) is 18.4 Å². The lowest BCUT2D eigenvalue weighted by Crippen LogP contribution is -2.39. The minimum absolute atomic E-state index is 0.0157. The highest BCUT2D eigenvalue weighted by Crippen LogP contribution is 2.35. The Labute approximate surface area is 97.4 Å². The molecule has 0 aliphatic heterocycles. The van der Waals surface area contributed by atoms with Crippen molar-refractivity contribution < 1.29 is 22.0 Å². The Bertz CT molecular complexity index is 620. The first-order valence-electron chi connectivity index (χ1n) is 4.86. The predicted octanol–water partition coefficient (Wildman–Crippen LogP) is 2.02. The fraction of sp³-hybridized carbons (Fsp3) is 0.300. The molecule has 2 aromatic rings. The number of rotatable bonds is 3. The third-order valence-electron chi connectivity index (χ3n) is 2.51. The first kappa shape index (κ1) is 12.6. The normalized spacial score (nSPS) is 14.3. The monoisotopic (exact) mass is 264 g/mol. The average Bonchev–Trinajstić information content (AvgIpc) is 2.66. The number of hydrogen-bond donors (Lipinski definition) is 2. The van der Waals surface area contributed by atoms with Crippen molar-refractivity contribution in [1.82, 2.24) is 4.98 Å². The van der Waals surface area contributed by atoms with Gasteiger partial charge in [-0.2, -0.15) is 8.78 Å². The Morgan fingerprint density at radius 3 is 2.61 bits per heavy atom. The van der Waals surface area contributed by atoms with Gasteiger partial charge in [0.2, 0.25) is 0 Å². The van der Waals surface area contributed by atoms with Crippen LogP contribution in [0.15, 0.2) is 27.4 Å². The zero-order valence-corrected chi connectivity index (χ0v) is 8.79. The molecule has 4 nitrogen and oxygen atoms in total. The Hall–Kier alpha value is -1.83. The zero-order chi connectivity index (χ0) is 13.5. The fourth-order valence-electron chi connectivity index (χ4n) is 1.51. The van der Waals surface area contributed by atoms with Crippen molar-refractivity contribution >= 4 is 11.1 Å². The lowest BCUT2D eigenvalue weighted by Gasteiger charge is -2.22. The van der Waals surface area contributed by atoms with Gasteiger partial charge in [-0.25, -0.2) is 13.6 Å². The van der Waals surface area contributed by atoms with Gasteiger partial charge in [-0.3, -0.25) is 4.98 Å². The van der Waals surface area contributed by atoms with Crippen LogP contribution in [-0.2, 0) is 0 Å². The standard InChI is InChI=1S/C10H8F4N2O2/c11-8(12)10(13,14)7(15)4-1-2-5-6(3-4)18-9(17)16-5/h1-3,7-8H,15H2,(H,16,17). The highest BCUT2D eigenvalue weighted by atomic mass is 19.3. The summed E-state index contributed by atoms with van der Waals surface area (Å²) < 4.78 is 55.1. The molecule has 0 bridgehead atoms. The number of halogens is 4. The minimum atomic E-state index is -4.36. The van der Waals surface area contributed by atoms with Crippen molar-refractivity contribution in [3.05, 3.63) is 34.3 Å². The van der Waals surface area contributed by atoms with E-state index in [0.29, 0.717) is 0 Å². The van der Waals surface area contributed by atoms with E-state index in [1.54, 1.807) is 0 Å². The first-order chi connectivity index (χ1) is 8.32. The van der Waals surface area contributed by atoms with Gasteiger partial charge < -0.3 is 10.2 Å². The molecule has 0 spiro atoms. The van der Waals surface area contributed by atoms with Crippen LogP contribution in [0.25, 0.3) is 11.1 Å². The van der Waals surface area contributed by atoms with Crippen molar-refractivity contribution in [2.75, 3.05) is 0 Å². The number of nitrogens with two attached hydrogens (primary N) is 1. The zero-order valence-electron chi connectivity index (χ0n) is 8.79. The second-order valence-electron chi connectivity index (χ2n) is 3.72. The van der Waals surface area contributed by atoms with E-state index in [4.69, 9.17) is 5.73 Å². The summed E-state index contributed by atoms with van der Waals surface area (Å²) in [6.07, 6.45) is -3.87. The van der Waals surface area contributed by atoms with Gasteiger partial charge >= 0.3 is 18.1 Å². The van der Waals surface area contributed by atoms with E-state index >= 15 is 0 Å². The molecule has 0 aliphatic carbocycles. The van der Waals surface area contributed by atoms with Gasteiger partial charge in [0.15, 0.2) is 5.58 Å². The van der Waals surface area contributed by atoms with E-state index in [1.807, 2.05) is 0 Å². The van der Waals surface area contributed by atoms with E-state index in [9.17, 15) is 22.4 Å². The van der Waals surface area contributed by atoms with Crippen LogP contribution < -0.4 is 11.5 Å². The van der Waals surface area contributed by atoms with Gasteiger partial charge in [-0.05, 0) is 17.7 Å². The summed E-state index contributed by atoms with van der Waals surface area (Å²) >= 11 is 0. The third-order valence-corrected chi connectivity index (χ3v) is 2.51. The second-order valence-corrected chi connectivity index (χ2v) is 3.72. The van der Waals surface area contributed by atoms with Gasteiger partial charge in [-0.1, -0.05) is 6.07 Å². The quantitative estimate of drug-likeness (QED) is 0.833. The number of alkyl halides is 4. The maximum Gasteiger partial charge on any atom is 0.417 e. The van der Waals surface area contributed by atoms with Crippen molar-refractivity contribution in [3.8, 4) is 0 Å². The molecule has 1 heterocycles. The van der Waals surface area contributed by atoms with Crippen LogP contribution in [0.3, 0.4) is 0 Å². The van der Waals surface area contributed by atoms with Crippen molar-refractivity contribution in [2.24, 2.45) is 5.73 Å². The molecule has 0 fully saturated rings. The highest BCUT2D eigenvalue weighted by molar-refractivity contribution is 5.72. The van der Waals surface area contributed by atoms with E-state index in [0.717, 1.165) is 12.1 Å². The number of oxazole rings is 1. The van der Waals surface area contributed by atoms with Crippen molar-refractivity contribution in [1.29, 1.82) is 0 Å². The van der Waals surface area contributed by atoms with Crippen LogP contribution in [0.4, 0.5) is 17.6 Å². The number of hydrogen-bond acceptors (Lipinski definition) is 3. The van der Waals surface area contributed by atoms with Crippen LogP contribution >= 0.6 is 0 Å². The van der Waals surface area contributed by atoms with E-state index in [-0.39, 0.29) is 16.7 Å². The molecule has 0 radical (unpaired) electrons. The molecule has 0 saturated carbocycles. The maximum absolute atomic E-state index is 13.1. The van der Waals surface area contributed by atoms with Gasteiger partial charge in [0.1, 0.15) is 6.04 Å². The number of benzene rings is 1. The molecule has 1 aromatic heterocycles. The summed E-state index contributed by atoms with van der Waals surface area (Å²) in [6, 6.07) is 1.25. The SMILES string of the molecule is NC(c1ccc2[nH]c(=O)oc2c1)C(F)(F)C(F)F. The number of aromatic nitrogens is 1. The van der Waals surface area contributed by atoms with Gasteiger partial charge in [-0.15, -0.1) is 0 Å². The molecule has 18 heavy (non-hydrogen) atoms. The lowest BCUT2D eigenvalue weighted by molar-refractivity contribution is -0.144. The van der Waals surface area contributed by atoms with Crippen LogP contribution in [0.1, 0.15) is 11.6 Å². The summed E-state index contributed by atoms with van der Waals surface area (Å²) in [5, 5.41) is 0. The lowest BCUT2D eigenvalue weighted by atomic mass is 10.0. The molecule has 1 atom stereocenters. The third kappa shape index (κ3) is 1.99. The van der Waals surface area contributed by atoms with Crippen LogP contribution in [-0.4, -0.2) is 17.3 Å². The van der Waals surface area contributed by atoms with Crippen LogP contribution in [0.2, 0.25) is 0 Å². The van der Waals surface area contributed by atoms with Crippen molar-refractivity contribution in [3.63, 3.8) is 0 Å². The molecule has 0 aliphatic rings. The molecule has 98 valence electrons. The minimum Gasteiger partial charge on any atom is -0.408 e. The largest absolute Gasteiger partial charge is 0.417 e. The van der Waals surface area contributed by atoms with E-state index < -0.39 is 24.1 Å². The summed E-state index contributed by atoms with van der Waals surface area (Å²) in [4.78, 5) is 13.1. The highest BCUT2D eigenvalue weighted by Gasteiger charge is 2.47. The van der Waals surface area contributed by atoms with Crippen LogP contribution in [0.5, 0.6) is 0 Å². The molecule has 0 saturated heterocycles. The fourth-order valence-corrected chi connectivity index (χ4v) is 1.51. The molecule has 1 unspecified atom stereocenters. The summed E-state index contributed by atoms with van der Waals surface area (Å²) in [5.74, 6) is -5.12. The van der Waals surface area contributed by atoms with Gasteiger partial charge in [0.25, 0.3) is 0 Å². The molecule has 1 aromatic carbocycles. The average molecular weight is 264 g/mol. The Morgan fingerprint density at radius 1 is 1.33 bits per heavy atom. The topological polar surface area (TPSA) is 72.0 Å². The predicted molar refractivity (Wildman–Crippen MR) is 54.7 cm³/mol. The number of fused-ring (bicyclic) bond motifs is 1. The molecule has 8 heteroatoms. The number of H-pyrrole nitrogens is 1. The molecular formula is C10H8F4N2O2. The van der Waals surface area contributed by atoms with E-state index in [1.165, 1.54) is 6.07 Å². The number of aromatic amines is 1. The Balaban J connectivity index is 2.44. The smallest absolute Gasteiger partial charge is 0.408 e. The first-order valence-corrected chi connectivity index (χ1v) is 4.86. The van der Waals surface area contributed by atoms with Gasteiger partial charge in [0.05, 0.1) is 5.52 Å². The van der Waals surface area contributed by atoms with Gasteiger partial charge in [0, 0.05) is 0 Å². The van der Waals surface area contributed by atoms with Crippen LogP contribution in [0, 0.1) is 0 Å². The summed E-state index contributed by atoms with van der Waals surface area (Å²) in [5.41, 5.74) is 5.13. The Kier molecular flexibility index (Phi) is 2.89. The molecule has 3 N–H and O–H groups in total. The summed E-state index contributed by atoms with van der Waals surface area (Å²) in [7, 11) is 0. The second kappa shape index (κ2) is 4.13. The maximum atomic E-state index is 13.1. The summed E-state index contributed by atoms with van der Waals surface area (Å²) in [6.45, 7) is 0.